The Hall–Kier alpha value is -13.3. The Morgan fingerprint density at radius 1 is 0.279 bits per heavy atom. The molecule has 0 saturated heterocycles. The van der Waals surface area contributed by atoms with Gasteiger partial charge in [0.25, 0.3) is 0 Å². The molecule has 0 unspecified atom stereocenters. The molecule has 5 nitrogen and oxygen atoms in total. The minimum Gasteiger partial charge on any atom is -0.292 e. The molecule has 0 atom stereocenters. The summed E-state index contributed by atoms with van der Waals surface area (Å²) in [5.41, 5.74) is 27.2. The van der Waals surface area contributed by atoms with Crippen molar-refractivity contribution in [3.05, 3.63) is 437 Å². The number of rotatable bonds is 7. The van der Waals surface area contributed by atoms with Crippen LogP contribution in [0.1, 0.15) is 55.6 Å². The Kier molecular flexibility index (Phi) is 15.2. The van der Waals surface area contributed by atoms with Crippen LogP contribution >= 0.6 is 34.3 Å². The summed E-state index contributed by atoms with van der Waals surface area (Å²) in [5, 5.41) is 10.1. The second-order valence-electron chi connectivity index (χ2n) is 29.0. The summed E-state index contributed by atoms with van der Waals surface area (Å²) in [6.07, 6.45) is 1.08. The lowest BCUT2D eigenvalue weighted by Crippen LogP contribution is -2.28. The van der Waals surface area contributed by atoms with Crippen molar-refractivity contribution < 1.29 is 0 Å². The van der Waals surface area contributed by atoms with Gasteiger partial charge in [-0.1, -0.05) is 351 Å². The third-order valence-electron chi connectivity index (χ3n) is 23.3. The normalized spacial score (nSPS) is 13.2. The highest BCUT2D eigenvalue weighted by Crippen LogP contribution is 2.61. The lowest BCUT2D eigenvalue weighted by molar-refractivity contribution is 0.768. The molecule has 0 spiro atoms. The van der Waals surface area contributed by atoms with Crippen LogP contribution in [0.3, 0.4) is 0 Å². The van der Waals surface area contributed by atoms with Gasteiger partial charge >= 0.3 is 0 Å². The lowest BCUT2D eigenvalue weighted by Gasteiger charge is -2.34. The van der Waals surface area contributed by atoms with E-state index in [1.54, 1.807) is 22.7 Å². The first-order valence-electron chi connectivity index (χ1n) is 37.7. The van der Waals surface area contributed by atoms with Crippen LogP contribution in [0, 0.1) is 0 Å². The van der Waals surface area contributed by atoms with Gasteiger partial charge in [0.15, 0.2) is 11.0 Å². The average molecular weight is 1470 g/mol. The number of thiophene rings is 2. The van der Waals surface area contributed by atoms with E-state index >= 15 is 0 Å². The Bertz CT molecular complexity index is 7250. The van der Waals surface area contributed by atoms with Crippen LogP contribution in [-0.2, 0) is 17.3 Å². The van der Waals surface area contributed by atoms with Gasteiger partial charge in [0.2, 0.25) is 0 Å². The molecule has 3 aliphatic rings. The van der Waals surface area contributed by atoms with Gasteiger partial charge in [0.1, 0.15) is 32.1 Å². The molecule has 0 fully saturated rings. The molecule has 111 heavy (non-hydrogen) atoms. The summed E-state index contributed by atoms with van der Waals surface area (Å²) in [5.74, 6) is 0.834. The van der Waals surface area contributed by atoms with E-state index in [-0.39, 0.29) is 0 Å². The highest BCUT2D eigenvalue weighted by molar-refractivity contribution is 7.25. The summed E-state index contributed by atoms with van der Waals surface area (Å²) in [4.78, 5) is 23.3. The van der Waals surface area contributed by atoms with Crippen molar-refractivity contribution in [2.24, 2.45) is 0 Å². The van der Waals surface area contributed by atoms with E-state index in [0.29, 0.717) is 5.15 Å². The van der Waals surface area contributed by atoms with Gasteiger partial charge in [-0.2, -0.15) is 0 Å². The molecule has 0 aliphatic heterocycles. The van der Waals surface area contributed by atoms with E-state index in [0.717, 1.165) is 87.5 Å². The van der Waals surface area contributed by atoms with Crippen LogP contribution in [0.4, 0.5) is 0 Å². The van der Waals surface area contributed by atoms with Gasteiger partial charge in [-0.15, -0.1) is 22.7 Å². The molecule has 5 aromatic heterocycles. The fourth-order valence-electron chi connectivity index (χ4n) is 18.6. The van der Waals surface area contributed by atoms with Crippen LogP contribution in [0.5, 0.6) is 0 Å². The van der Waals surface area contributed by atoms with Crippen molar-refractivity contribution in [1.82, 2.24) is 24.5 Å². The summed E-state index contributed by atoms with van der Waals surface area (Å²) < 4.78 is 4.72. The molecule has 8 heteroatoms. The number of hydrogen-bond acceptors (Lipinski definition) is 6. The van der Waals surface area contributed by atoms with Crippen molar-refractivity contribution in [1.29, 1.82) is 0 Å². The molecule has 16 aromatic carbocycles. The fourth-order valence-corrected chi connectivity index (χ4v) is 20.9. The highest BCUT2D eigenvalue weighted by Gasteiger charge is 2.49. The Morgan fingerprint density at radius 2 is 0.685 bits per heavy atom. The zero-order valence-corrected chi connectivity index (χ0v) is 62.3. The van der Waals surface area contributed by atoms with E-state index in [1.165, 1.54) is 120 Å². The molecule has 0 radical (unpaired) electrons. The second-order valence-corrected chi connectivity index (χ2v) is 31.5. The largest absolute Gasteiger partial charge is 0.292 e. The third kappa shape index (κ3) is 9.99. The van der Waals surface area contributed by atoms with Crippen LogP contribution < -0.4 is 0 Å². The number of fused-ring (bicyclic) bond motifs is 20. The number of nitrogens with zero attached hydrogens (tertiary/aromatic N) is 5. The Labute approximate surface area is 654 Å². The van der Waals surface area contributed by atoms with E-state index in [9.17, 15) is 0 Å². The van der Waals surface area contributed by atoms with Gasteiger partial charge < -0.3 is 0 Å². The van der Waals surface area contributed by atoms with Gasteiger partial charge in [0.05, 0.1) is 21.9 Å². The van der Waals surface area contributed by atoms with Crippen LogP contribution in [-0.4, -0.2) is 24.5 Å². The summed E-state index contributed by atoms with van der Waals surface area (Å²) >= 11 is 10.3. The molecule has 0 saturated carbocycles. The SMILES string of the molecule is Clc1nc2c(nc1-c1cccc3c1-c1ccccc1C3(c1ccccc1)c1ccccc1)sc1ccccc12.c1ccc(C2(c3ccccc3)c3ccccc3-c3c(-c4nc5sc6ccccc6c5nc4-n4c5ccccc5c5cc6ccccc6cc54)cccc32)cc1.c1ccc2c(c1)Cc1cc3ccccc3cc1-2. The Morgan fingerprint density at radius 3 is 1.24 bits per heavy atom. The van der Waals surface area contributed by atoms with E-state index < -0.39 is 10.8 Å². The molecule has 21 aromatic rings. The number of benzene rings is 16. The summed E-state index contributed by atoms with van der Waals surface area (Å²) in [6.45, 7) is 0. The maximum absolute atomic E-state index is 6.96. The molecule has 0 bridgehead atoms. The van der Waals surface area contributed by atoms with Crippen molar-refractivity contribution in [2.45, 2.75) is 17.3 Å². The predicted molar refractivity (Wildman–Crippen MR) is 464 cm³/mol. The maximum Gasteiger partial charge on any atom is 0.165 e. The number of para-hydroxylation sites is 1. The quantitative estimate of drug-likeness (QED) is 0.160. The van der Waals surface area contributed by atoms with E-state index in [4.69, 9.17) is 31.5 Å². The maximum atomic E-state index is 6.96. The molecular formula is C103H64ClN5S2. The first kappa shape index (κ1) is 64.9. The van der Waals surface area contributed by atoms with Gasteiger partial charge in [-0.25, -0.2) is 19.9 Å². The van der Waals surface area contributed by atoms with Crippen LogP contribution in [0.25, 0.3) is 146 Å². The molecule has 0 amide bonds. The van der Waals surface area contributed by atoms with E-state index in [1.807, 2.05) is 12.1 Å². The van der Waals surface area contributed by atoms with Gasteiger partial charge in [-0.3, -0.25) is 4.57 Å². The minimum atomic E-state index is -0.522. The van der Waals surface area contributed by atoms with Crippen molar-refractivity contribution in [3.8, 4) is 61.7 Å². The van der Waals surface area contributed by atoms with Crippen molar-refractivity contribution in [2.75, 3.05) is 0 Å². The van der Waals surface area contributed by atoms with Gasteiger partial charge in [-0.05, 0) is 153 Å². The first-order chi connectivity index (χ1) is 55.0. The minimum absolute atomic E-state index is 0.425. The summed E-state index contributed by atoms with van der Waals surface area (Å²) in [6, 6.07) is 136. The lowest BCUT2D eigenvalue weighted by atomic mass is 9.67. The van der Waals surface area contributed by atoms with Crippen molar-refractivity contribution in [3.63, 3.8) is 0 Å². The topological polar surface area (TPSA) is 56.5 Å². The molecule has 5 heterocycles. The standard InChI is InChI=1S/C51H31N3S.C35H21ClN2S.C17H12/c1-3-18-34(19-4-1)51(35-20-5-2-6-21-35)41-26-12-9-23-37(41)46-39(25-15-27-42(46)51)47-49(52-48-38-24-11-14-29-45(38)55-50(48)53-47)54-43-28-13-10-22-36(43)40-30-32-16-7-8-17-33(32)31-44(40)54;36-33-31(38-34-32(37-33)25-17-8-10-21-29(25)39-34)26-18-11-20-28-30(26)24-16-7-9-19-27(24)35(28,22-12-3-1-4-13-22)23-14-5-2-6-15-23;1-2-6-13-11-17-15(9-12(13)5-1)10-14-7-3-4-8-16(14)17/h1-31H;1-21H;1-9,11H,10H2. The zero-order chi connectivity index (χ0) is 73.3. The smallest absolute Gasteiger partial charge is 0.165 e. The molecule has 24 rings (SSSR count). The van der Waals surface area contributed by atoms with Crippen molar-refractivity contribution >= 4 is 118 Å². The molecule has 520 valence electrons. The second kappa shape index (κ2) is 26.0. The van der Waals surface area contributed by atoms with Gasteiger partial charge in [0, 0.05) is 42.1 Å². The van der Waals surface area contributed by atoms with Crippen LogP contribution in [0.15, 0.2) is 376 Å². The molecular weight excluding hydrogens is 1410 g/mol. The average Bonchev–Trinajstić information content (AvgIpc) is 1.54. The van der Waals surface area contributed by atoms with E-state index in [2.05, 4.69) is 369 Å². The molecule has 3 aliphatic carbocycles. The molecule has 0 N–H and O–H groups in total. The predicted octanol–water partition coefficient (Wildman–Crippen LogP) is 27.1. The number of hydrogen-bond donors (Lipinski definition) is 0. The number of halogens is 1. The zero-order valence-electron chi connectivity index (χ0n) is 59.9. The number of aromatic nitrogens is 5. The fraction of sp³-hybridized carbons (Fsp3) is 0.0291. The first-order valence-corrected chi connectivity index (χ1v) is 39.7. The van der Waals surface area contributed by atoms with Crippen LogP contribution in [0.2, 0.25) is 5.15 Å². The Balaban J connectivity index is 0.000000117. The summed E-state index contributed by atoms with van der Waals surface area (Å²) in [7, 11) is 0. The third-order valence-corrected chi connectivity index (χ3v) is 25.6. The monoisotopic (exact) mass is 1470 g/mol. The highest BCUT2D eigenvalue weighted by atomic mass is 35.5.